The zero-order valence-corrected chi connectivity index (χ0v) is 19.4. The maximum Gasteiger partial charge on any atom is 0.237 e. The Bertz CT molecular complexity index is 1370. The van der Waals surface area contributed by atoms with Gasteiger partial charge in [-0.2, -0.15) is 4.98 Å². The van der Waals surface area contributed by atoms with E-state index in [0.717, 1.165) is 11.1 Å². The molecule has 0 aliphatic carbocycles. The van der Waals surface area contributed by atoms with E-state index in [1.165, 1.54) is 11.8 Å². The van der Waals surface area contributed by atoms with Gasteiger partial charge in [0.15, 0.2) is 11.0 Å². The highest BCUT2D eigenvalue weighted by Gasteiger charge is 2.19. The van der Waals surface area contributed by atoms with E-state index in [0.29, 0.717) is 50.7 Å². The summed E-state index contributed by atoms with van der Waals surface area (Å²) >= 11 is 14.0. The second-order valence-corrected chi connectivity index (χ2v) is 8.80. The molecule has 3 aromatic heterocycles. The molecule has 0 spiro atoms. The van der Waals surface area contributed by atoms with Crippen LogP contribution in [0.4, 0.5) is 0 Å². The first-order valence-electron chi connectivity index (χ1n) is 9.97. The van der Waals surface area contributed by atoms with Crippen molar-refractivity contribution in [3.8, 4) is 22.9 Å². The number of hydrogen-bond donors (Lipinski definition) is 0. The molecular formula is C23H16Cl2N6OS. The van der Waals surface area contributed by atoms with Gasteiger partial charge in [0, 0.05) is 16.8 Å². The minimum absolute atomic E-state index is 0.432. The van der Waals surface area contributed by atoms with Crippen LogP contribution in [-0.4, -0.2) is 29.9 Å². The lowest BCUT2D eigenvalue weighted by Gasteiger charge is -2.11. The highest BCUT2D eigenvalue weighted by molar-refractivity contribution is 7.98. The van der Waals surface area contributed by atoms with Gasteiger partial charge in [0.25, 0.3) is 0 Å². The molecule has 0 radical (unpaired) electrons. The number of nitrogens with zero attached hydrogens (tertiary/aromatic N) is 6. The van der Waals surface area contributed by atoms with Crippen LogP contribution in [0.5, 0.6) is 0 Å². The third kappa shape index (κ3) is 4.93. The second kappa shape index (κ2) is 9.74. The fourth-order valence-electron chi connectivity index (χ4n) is 3.21. The molecule has 0 saturated carbocycles. The van der Waals surface area contributed by atoms with Crippen molar-refractivity contribution in [3.05, 3.63) is 94.4 Å². The lowest BCUT2D eigenvalue weighted by molar-refractivity contribution is 0.391. The van der Waals surface area contributed by atoms with Crippen LogP contribution in [0.15, 0.2) is 82.6 Å². The fourth-order valence-corrected chi connectivity index (χ4v) is 4.48. The van der Waals surface area contributed by atoms with Gasteiger partial charge < -0.3 is 4.52 Å². The number of thioether (sulfide) groups is 1. The number of rotatable bonds is 7. The molecule has 7 nitrogen and oxygen atoms in total. The molecule has 0 unspecified atom stereocenters. The fraction of sp³-hybridized carbons (Fsp3) is 0.0870. The van der Waals surface area contributed by atoms with Crippen LogP contribution < -0.4 is 0 Å². The molecular weight excluding hydrogens is 479 g/mol. The largest absolute Gasteiger partial charge is 0.338 e. The van der Waals surface area contributed by atoms with Crippen molar-refractivity contribution in [1.29, 1.82) is 0 Å². The van der Waals surface area contributed by atoms with Gasteiger partial charge in [-0.05, 0) is 35.9 Å². The molecule has 0 saturated heterocycles. The van der Waals surface area contributed by atoms with Crippen LogP contribution in [0.2, 0.25) is 10.0 Å². The molecule has 3 heterocycles. The molecule has 0 fully saturated rings. The zero-order valence-electron chi connectivity index (χ0n) is 17.1. The Kier molecular flexibility index (Phi) is 6.39. The van der Waals surface area contributed by atoms with Crippen molar-refractivity contribution < 1.29 is 4.52 Å². The molecule has 0 N–H and O–H groups in total. The first-order chi connectivity index (χ1) is 16.2. The number of pyridine rings is 1. The predicted molar refractivity (Wildman–Crippen MR) is 128 cm³/mol. The maximum absolute atomic E-state index is 6.47. The van der Waals surface area contributed by atoms with E-state index < -0.39 is 0 Å². The molecule has 0 amide bonds. The van der Waals surface area contributed by atoms with E-state index in [2.05, 4.69) is 37.5 Å². The van der Waals surface area contributed by atoms with Crippen molar-refractivity contribution in [2.24, 2.45) is 0 Å². The molecule has 0 bridgehead atoms. The third-order valence-electron chi connectivity index (χ3n) is 4.76. The van der Waals surface area contributed by atoms with Crippen LogP contribution in [0, 0.1) is 0 Å². The lowest BCUT2D eigenvalue weighted by Crippen LogP contribution is -2.04. The number of benzene rings is 2. The summed E-state index contributed by atoms with van der Waals surface area (Å²) in [5, 5.41) is 14.6. The van der Waals surface area contributed by atoms with Crippen molar-refractivity contribution in [1.82, 2.24) is 29.9 Å². The highest BCUT2D eigenvalue weighted by Crippen LogP contribution is 2.32. The SMILES string of the molecule is Clc1ccc(-c2nnc(SCc3nc(-c4ccccn4)no3)n2Cc2ccccc2)c(Cl)c1. The molecule has 5 rings (SSSR count). The Hall–Kier alpha value is -3.20. The quantitative estimate of drug-likeness (QED) is 0.255. The first-order valence-corrected chi connectivity index (χ1v) is 11.7. The smallest absolute Gasteiger partial charge is 0.237 e. The first kappa shape index (κ1) is 21.6. The summed E-state index contributed by atoms with van der Waals surface area (Å²) in [6, 6.07) is 21.0. The van der Waals surface area contributed by atoms with Gasteiger partial charge >= 0.3 is 0 Å². The van der Waals surface area contributed by atoms with Crippen LogP contribution in [0.3, 0.4) is 0 Å². The van der Waals surface area contributed by atoms with Crippen molar-refractivity contribution in [2.75, 3.05) is 0 Å². The molecule has 2 aromatic carbocycles. The second-order valence-electron chi connectivity index (χ2n) is 7.02. The summed E-state index contributed by atoms with van der Waals surface area (Å²) in [7, 11) is 0. The number of aromatic nitrogens is 6. The minimum atomic E-state index is 0.432. The Balaban J connectivity index is 1.43. The monoisotopic (exact) mass is 494 g/mol. The predicted octanol–water partition coefficient (Wildman–Crippen LogP) is 6.04. The molecule has 5 aromatic rings. The average molecular weight is 495 g/mol. The van der Waals surface area contributed by atoms with Gasteiger partial charge in [0.05, 0.1) is 17.3 Å². The topological polar surface area (TPSA) is 82.5 Å². The summed E-state index contributed by atoms with van der Waals surface area (Å²) in [6.07, 6.45) is 1.69. The number of halogens is 2. The average Bonchev–Trinajstić information content (AvgIpc) is 3.46. The van der Waals surface area contributed by atoms with Gasteiger partial charge in [-0.3, -0.25) is 9.55 Å². The Morgan fingerprint density at radius 2 is 1.79 bits per heavy atom. The van der Waals surface area contributed by atoms with E-state index in [9.17, 15) is 0 Å². The van der Waals surface area contributed by atoms with E-state index >= 15 is 0 Å². The van der Waals surface area contributed by atoms with Gasteiger partial charge in [-0.25, -0.2) is 0 Å². The van der Waals surface area contributed by atoms with Crippen LogP contribution >= 0.6 is 35.0 Å². The molecule has 0 atom stereocenters. The molecule has 10 heteroatoms. The van der Waals surface area contributed by atoms with Crippen molar-refractivity contribution in [3.63, 3.8) is 0 Å². The summed E-state index contributed by atoms with van der Waals surface area (Å²) in [6.45, 7) is 0.577. The summed E-state index contributed by atoms with van der Waals surface area (Å²) < 4.78 is 7.43. The third-order valence-corrected chi connectivity index (χ3v) is 6.26. The highest BCUT2D eigenvalue weighted by atomic mass is 35.5. The summed E-state index contributed by atoms with van der Waals surface area (Å²) in [5.74, 6) is 2.01. The standard InChI is InChI=1S/C23H16Cl2N6OS/c24-16-9-10-17(18(25)12-16)22-28-29-23(31(22)13-15-6-2-1-3-7-15)33-14-20-27-21(30-32-20)19-8-4-5-11-26-19/h1-12H,13-14H2. The van der Waals surface area contributed by atoms with Gasteiger partial charge in [0.2, 0.25) is 11.7 Å². The van der Waals surface area contributed by atoms with E-state index in [1.807, 2.05) is 47.0 Å². The Labute approximate surface area is 203 Å². The maximum atomic E-state index is 6.47. The van der Waals surface area contributed by atoms with E-state index in [1.54, 1.807) is 18.3 Å². The van der Waals surface area contributed by atoms with Crippen LogP contribution in [-0.2, 0) is 12.3 Å². The normalized spacial score (nSPS) is 11.1. The lowest BCUT2D eigenvalue weighted by atomic mass is 10.2. The van der Waals surface area contributed by atoms with Gasteiger partial charge in [-0.15, -0.1) is 10.2 Å². The van der Waals surface area contributed by atoms with Crippen molar-refractivity contribution >= 4 is 35.0 Å². The Morgan fingerprint density at radius 3 is 2.58 bits per heavy atom. The number of hydrogen-bond acceptors (Lipinski definition) is 7. The minimum Gasteiger partial charge on any atom is -0.338 e. The molecule has 0 aliphatic rings. The van der Waals surface area contributed by atoms with E-state index in [-0.39, 0.29) is 0 Å². The Morgan fingerprint density at radius 1 is 0.939 bits per heavy atom. The summed E-state index contributed by atoms with van der Waals surface area (Å²) in [5.41, 5.74) is 2.52. The van der Waals surface area contributed by atoms with Crippen molar-refractivity contribution in [2.45, 2.75) is 17.5 Å². The van der Waals surface area contributed by atoms with Gasteiger partial charge in [0.1, 0.15) is 5.69 Å². The molecule has 0 aliphatic heterocycles. The molecule has 164 valence electrons. The van der Waals surface area contributed by atoms with E-state index in [4.69, 9.17) is 27.7 Å². The van der Waals surface area contributed by atoms with Crippen LogP contribution in [0.1, 0.15) is 11.5 Å². The zero-order chi connectivity index (χ0) is 22.6. The molecule has 33 heavy (non-hydrogen) atoms. The van der Waals surface area contributed by atoms with Gasteiger partial charge in [-0.1, -0.05) is 76.5 Å². The van der Waals surface area contributed by atoms with Crippen LogP contribution in [0.25, 0.3) is 22.9 Å². The summed E-state index contributed by atoms with van der Waals surface area (Å²) in [4.78, 5) is 8.70.